The van der Waals surface area contributed by atoms with E-state index in [4.69, 9.17) is 9.84 Å². The van der Waals surface area contributed by atoms with Crippen molar-refractivity contribution in [3.05, 3.63) is 42.7 Å². The molecular weight excluding hydrogens is 166 g/mol. The summed E-state index contributed by atoms with van der Waals surface area (Å²) in [6, 6.07) is 8.42. The van der Waals surface area contributed by atoms with Crippen molar-refractivity contribution < 1.29 is 9.84 Å². The van der Waals surface area contributed by atoms with Gasteiger partial charge in [0.1, 0.15) is 17.2 Å². The molecule has 0 atom stereocenters. The number of phenolic OH excluding ortho intramolecular Hbond substituents is 1. The Morgan fingerprint density at radius 1 is 1.00 bits per heavy atom. The van der Waals surface area contributed by atoms with Gasteiger partial charge >= 0.3 is 0 Å². The Balaban J connectivity index is 2.15. The fourth-order valence-electron chi connectivity index (χ4n) is 1.02. The molecule has 1 heterocycles. The van der Waals surface area contributed by atoms with E-state index in [0.717, 1.165) is 5.75 Å². The van der Waals surface area contributed by atoms with Crippen molar-refractivity contribution in [3.63, 3.8) is 0 Å². The third kappa shape index (κ3) is 1.82. The van der Waals surface area contributed by atoms with Crippen LogP contribution in [-0.2, 0) is 0 Å². The molecule has 0 bridgehead atoms. The van der Waals surface area contributed by atoms with Crippen molar-refractivity contribution in [1.29, 1.82) is 0 Å². The van der Waals surface area contributed by atoms with Gasteiger partial charge in [0.15, 0.2) is 0 Å². The van der Waals surface area contributed by atoms with Gasteiger partial charge in [-0.2, -0.15) is 0 Å². The maximum absolute atomic E-state index is 9.02. The Kier molecular flexibility index (Phi) is 1.92. The molecule has 2 N–H and O–H groups in total. The highest BCUT2D eigenvalue weighted by Gasteiger charge is 1.96. The molecule has 0 saturated carbocycles. The summed E-state index contributed by atoms with van der Waals surface area (Å²) in [4.78, 5) is 2.89. The monoisotopic (exact) mass is 175 g/mol. The highest BCUT2D eigenvalue weighted by Crippen LogP contribution is 2.22. The van der Waals surface area contributed by atoms with E-state index in [2.05, 4.69) is 4.98 Å². The molecule has 3 nitrogen and oxygen atoms in total. The maximum Gasteiger partial charge on any atom is 0.144 e. The van der Waals surface area contributed by atoms with Crippen LogP contribution in [0.15, 0.2) is 42.7 Å². The summed E-state index contributed by atoms with van der Waals surface area (Å²) in [6.07, 6.45) is 3.54. The normalized spacial score (nSPS) is 9.85. The third-order valence-electron chi connectivity index (χ3n) is 1.64. The molecule has 0 spiro atoms. The van der Waals surface area contributed by atoms with E-state index in [1.165, 1.54) is 0 Å². The molecule has 0 aliphatic heterocycles. The molecule has 0 radical (unpaired) electrons. The minimum absolute atomic E-state index is 0.237. The van der Waals surface area contributed by atoms with Crippen LogP contribution in [0.4, 0.5) is 0 Å². The van der Waals surface area contributed by atoms with Crippen LogP contribution in [-0.4, -0.2) is 10.1 Å². The van der Waals surface area contributed by atoms with E-state index in [1.807, 2.05) is 6.07 Å². The van der Waals surface area contributed by atoms with Gasteiger partial charge in [0, 0.05) is 12.4 Å². The third-order valence-corrected chi connectivity index (χ3v) is 1.64. The summed E-state index contributed by atoms with van der Waals surface area (Å²) >= 11 is 0. The van der Waals surface area contributed by atoms with Crippen molar-refractivity contribution in [1.82, 2.24) is 4.98 Å². The summed E-state index contributed by atoms with van der Waals surface area (Å²) in [7, 11) is 0. The van der Waals surface area contributed by atoms with Crippen molar-refractivity contribution in [2.45, 2.75) is 0 Å². The predicted molar refractivity (Wildman–Crippen MR) is 49.0 cm³/mol. The van der Waals surface area contributed by atoms with Gasteiger partial charge in [-0.3, -0.25) is 0 Å². The smallest absolute Gasteiger partial charge is 0.144 e. The molecule has 2 rings (SSSR count). The number of hydrogen-bond donors (Lipinski definition) is 2. The number of benzene rings is 1. The molecule has 1 aromatic heterocycles. The minimum atomic E-state index is 0.237. The highest BCUT2D eigenvalue weighted by atomic mass is 16.5. The summed E-state index contributed by atoms with van der Waals surface area (Å²) in [5.41, 5.74) is 0. The van der Waals surface area contributed by atoms with Crippen LogP contribution < -0.4 is 4.74 Å². The van der Waals surface area contributed by atoms with Crippen molar-refractivity contribution in [3.8, 4) is 17.2 Å². The summed E-state index contributed by atoms with van der Waals surface area (Å²) in [6.45, 7) is 0. The number of ether oxygens (including phenoxy) is 1. The Labute approximate surface area is 75.6 Å². The summed E-state index contributed by atoms with van der Waals surface area (Å²) in [5.74, 6) is 1.70. The minimum Gasteiger partial charge on any atom is -0.508 e. The standard InChI is InChI=1S/C10H9NO2/c12-8-1-3-9(4-2-8)13-10-5-6-11-7-10/h1-7,11-12H. The second kappa shape index (κ2) is 3.23. The molecule has 1 aromatic carbocycles. The number of nitrogens with one attached hydrogen (secondary N) is 1. The first-order valence-electron chi connectivity index (χ1n) is 3.94. The average Bonchev–Trinajstić information content (AvgIpc) is 2.62. The molecule has 0 fully saturated rings. The van der Waals surface area contributed by atoms with Gasteiger partial charge in [-0.15, -0.1) is 0 Å². The molecule has 2 aromatic rings. The van der Waals surface area contributed by atoms with Crippen LogP contribution in [0.5, 0.6) is 17.2 Å². The first kappa shape index (κ1) is 7.73. The Morgan fingerprint density at radius 2 is 1.77 bits per heavy atom. The van der Waals surface area contributed by atoms with Crippen molar-refractivity contribution >= 4 is 0 Å². The first-order valence-corrected chi connectivity index (χ1v) is 3.94. The van der Waals surface area contributed by atoms with Crippen LogP contribution in [0.1, 0.15) is 0 Å². The zero-order chi connectivity index (χ0) is 9.10. The molecular formula is C10H9NO2. The zero-order valence-corrected chi connectivity index (χ0v) is 6.90. The average molecular weight is 175 g/mol. The Morgan fingerprint density at radius 3 is 2.38 bits per heavy atom. The lowest BCUT2D eigenvalue weighted by Gasteiger charge is -2.01. The lowest BCUT2D eigenvalue weighted by molar-refractivity contribution is 0.464. The molecule has 0 amide bonds. The largest absolute Gasteiger partial charge is 0.508 e. The van der Waals surface area contributed by atoms with Gasteiger partial charge in [0.25, 0.3) is 0 Å². The second-order valence-electron chi connectivity index (χ2n) is 2.64. The van der Waals surface area contributed by atoms with Gasteiger partial charge in [0.05, 0.1) is 0 Å². The predicted octanol–water partition coefficient (Wildman–Crippen LogP) is 2.51. The molecule has 0 unspecified atom stereocenters. The van der Waals surface area contributed by atoms with Crippen LogP contribution in [0.3, 0.4) is 0 Å². The molecule has 0 aliphatic carbocycles. The van der Waals surface area contributed by atoms with Gasteiger partial charge in [0.2, 0.25) is 0 Å². The number of aromatic nitrogens is 1. The maximum atomic E-state index is 9.02. The van der Waals surface area contributed by atoms with E-state index in [-0.39, 0.29) is 5.75 Å². The van der Waals surface area contributed by atoms with Crippen LogP contribution >= 0.6 is 0 Å². The quantitative estimate of drug-likeness (QED) is 0.736. The molecule has 3 heteroatoms. The number of aromatic hydroxyl groups is 1. The lowest BCUT2D eigenvalue weighted by atomic mass is 10.3. The van der Waals surface area contributed by atoms with Crippen molar-refractivity contribution in [2.75, 3.05) is 0 Å². The van der Waals surface area contributed by atoms with E-state index < -0.39 is 0 Å². The lowest BCUT2D eigenvalue weighted by Crippen LogP contribution is -1.79. The first-order chi connectivity index (χ1) is 6.34. The number of H-pyrrole nitrogens is 1. The topological polar surface area (TPSA) is 45.2 Å². The molecule has 13 heavy (non-hydrogen) atoms. The van der Waals surface area contributed by atoms with Crippen LogP contribution in [0.25, 0.3) is 0 Å². The molecule has 66 valence electrons. The Hall–Kier alpha value is -1.90. The fraction of sp³-hybridized carbons (Fsp3) is 0. The SMILES string of the molecule is Oc1ccc(Oc2cc[nH]c2)cc1. The van der Waals surface area contributed by atoms with Gasteiger partial charge in [-0.1, -0.05) is 0 Å². The number of hydrogen-bond acceptors (Lipinski definition) is 2. The number of aromatic amines is 1. The summed E-state index contributed by atoms with van der Waals surface area (Å²) in [5, 5.41) is 9.02. The van der Waals surface area contributed by atoms with Gasteiger partial charge < -0.3 is 14.8 Å². The zero-order valence-electron chi connectivity index (χ0n) is 6.90. The summed E-state index contributed by atoms with van der Waals surface area (Å²) < 4.78 is 5.43. The van der Waals surface area contributed by atoms with Gasteiger partial charge in [-0.05, 0) is 30.3 Å². The van der Waals surface area contributed by atoms with E-state index in [1.54, 1.807) is 36.7 Å². The van der Waals surface area contributed by atoms with E-state index in [9.17, 15) is 0 Å². The van der Waals surface area contributed by atoms with Gasteiger partial charge in [-0.25, -0.2) is 0 Å². The van der Waals surface area contributed by atoms with Crippen molar-refractivity contribution in [2.24, 2.45) is 0 Å². The molecule has 0 aliphatic rings. The van der Waals surface area contributed by atoms with E-state index >= 15 is 0 Å². The fourth-order valence-corrected chi connectivity index (χ4v) is 1.02. The highest BCUT2D eigenvalue weighted by molar-refractivity contribution is 5.33. The number of phenols is 1. The van der Waals surface area contributed by atoms with Crippen LogP contribution in [0, 0.1) is 0 Å². The number of rotatable bonds is 2. The molecule has 0 saturated heterocycles. The van der Waals surface area contributed by atoms with Crippen LogP contribution in [0.2, 0.25) is 0 Å². The van der Waals surface area contributed by atoms with E-state index in [0.29, 0.717) is 5.75 Å². The second-order valence-corrected chi connectivity index (χ2v) is 2.64. The Bertz CT molecular complexity index is 364.